The summed E-state index contributed by atoms with van der Waals surface area (Å²) < 4.78 is 4.78. The number of nitrogens with one attached hydrogen (secondary N) is 2. The summed E-state index contributed by atoms with van der Waals surface area (Å²) in [5.41, 5.74) is 0.733. The Hall–Kier alpha value is -1.88. The highest BCUT2D eigenvalue weighted by atomic mass is 16.5. The van der Waals surface area contributed by atoms with Gasteiger partial charge < -0.3 is 15.4 Å². The molecule has 1 heterocycles. The van der Waals surface area contributed by atoms with Crippen LogP contribution in [0.2, 0.25) is 0 Å². The average Bonchev–Trinajstić information content (AvgIpc) is 3.04. The maximum atomic E-state index is 12.1. The van der Waals surface area contributed by atoms with E-state index in [1.165, 1.54) is 13.5 Å². The van der Waals surface area contributed by atoms with Crippen LogP contribution in [0, 0.1) is 0 Å². The normalized spacial score (nSPS) is 19.0. The molecule has 21 heavy (non-hydrogen) atoms. The standard InChI is InChI=1S/C16H22N2O3/c1-21-16(20)15(12-6-3-2-4-7-12)18-14(19)10-9-13-8-5-11-17-13/h2-4,6-7,13,15,17H,5,8-11H2,1H3,(H,18,19). The van der Waals surface area contributed by atoms with Crippen molar-refractivity contribution in [2.45, 2.75) is 37.8 Å². The van der Waals surface area contributed by atoms with Gasteiger partial charge in [-0.3, -0.25) is 4.79 Å². The second-order valence-corrected chi connectivity index (χ2v) is 5.27. The van der Waals surface area contributed by atoms with Gasteiger partial charge in [-0.2, -0.15) is 0 Å². The van der Waals surface area contributed by atoms with Crippen molar-refractivity contribution in [3.05, 3.63) is 35.9 Å². The van der Waals surface area contributed by atoms with E-state index in [9.17, 15) is 9.59 Å². The highest BCUT2D eigenvalue weighted by Crippen LogP contribution is 2.15. The molecule has 1 fully saturated rings. The van der Waals surface area contributed by atoms with E-state index in [1.807, 2.05) is 18.2 Å². The highest BCUT2D eigenvalue weighted by molar-refractivity contribution is 5.85. The predicted molar refractivity (Wildman–Crippen MR) is 79.6 cm³/mol. The summed E-state index contributed by atoms with van der Waals surface area (Å²) in [5.74, 6) is -0.573. The van der Waals surface area contributed by atoms with Gasteiger partial charge in [-0.1, -0.05) is 30.3 Å². The molecule has 1 aliphatic rings. The van der Waals surface area contributed by atoms with E-state index in [4.69, 9.17) is 4.74 Å². The number of amides is 1. The van der Waals surface area contributed by atoms with Crippen molar-refractivity contribution >= 4 is 11.9 Å². The minimum absolute atomic E-state index is 0.122. The first-order chi connectivity index (χ1) is 10.2. The maximum Gasteiger partial charge on any atom is 0.333 e. The molecule has 1 aromatic carbocycles. The summed E-state index contributed by atoms with van der Waals surface area (Å²) in [5, 5.41) is 6.13. The minimum Gasteiger partial charge on any atom is -0.467 e. The lowest BCUT2D eigenvalue weighted by atomic mass is 10.1. The summed E-state index contributed by atoms with van der Waals surface area (Å²) in [6.45, 7) is 1.03. The predicted octanol–water partition coefficient (Wildman–Crippen LogP) is 1.55. The Labute approximate surface area is 125 Å². The van der Waals surface area contributed by atoms with Gasteiger partial charge in [0.15, 0.2) is 6.04 Å². The molecule has 0 saturated carbocycles. The van der Waals surface area contributed by atoms with Gasteiger partial charge in [0.2, 0.25) is 5.91 Å². The van der Waals surface area contributed by atoms with Crippen molar-refractivity contribution in [1.82, 2.24) is 10.6 Å². The zero-order valence-electron chi connectivity index (χ0n) is 12.3. The molecule has 114 valence electrons. The number of carbonyl (C=O) groups is 2. The first-order valence-corrected chi connectivity index (χ1v) is 7.36. The molecule has 0 bridgehead atoms. The molecule has 0 aliphatic carbocycles. The number of hydrogen-bond acceptors (Lipinski definition) is 4. The van der Waals surface area contributed by atoms with E-state index in [0.29, 0.717) is 12.5 Å². The summed E-state index contributed by atoms with van der Waals surface area (Å²) in [6.07, 6.45) is 3.50. The van der Waals surface area contributed by atoms with Crippen LogP contribution in [0.5, 0.6) is 0 Å². The molecule has 0 aromatic heterocycles. The first-order valence-electron chi connectivity index (χ1n) is 7.36. The Kier molecular flexibility index (Phi) is 5.75. The lowest BCUT2D eigenvalue weighted by Crippen LogP contribution is -2.35. The van der Waals surface area contributed by atoms with Crippen LogP contribution in [0.25, 0.3) is 0 Å². The Morgan fingerprint density at radius 1 is 1.38 bits per heavy atom. The van der Waals surface area contributed by atoms with Gasteiger partial charge in [0.05, 0.1) is 7.11 Å². The number of ether oxygens (including phenoxy) is 1. The average molecular weight is 290 g/mol. The van der Waals surface area contributed by atoms with Crippen molar-refractivity contribution in [1.29, 1.82) is 0 Å². The van der Waals surface area contributed by atoms with Crippen molar-refractivity contribution in [3.63, 3.8) is 0 Å². The molecule has 0 spiro atoms. The van der Waals surface area contributed by atoms with Gasteiger partial charge in [0, 0.05) is 12.5 Å². The molecule has 1 aromatic rings. The SMILES string of the molecule is COC(=O)C(NC(=O)CCC1CCCN1)c1ccccc1. The van der Waals surface area contributed by atoms with Crippen molar-refractivity contribution in [3.8, 4) is 0 Å². The number of benzene rings is 1. The van der Waals surface area contributed by atoms with E-state index in [0.717, 1.165) is 24.9 Å². The van der Waals surface area contributed by atoms with E-state index in [2.05, 4.69) is 10.6 Å². The molecule has 2 rings (SSSR count). The fraction of sp³-hybridized carbons (Fsp3) is 0.500. The van der Waals surface area contributed by atoms with Crippen molar-refractivity contribution < 1.29 is 14.3 Å². The zero-order chi connectivity index (χ0) is 15.1. The van der Waals surface area contributed by atoms with Gasteiger partial charge in [-0.25, -0.2) is 4.79 Å². The molecule has 5 nitrogen and oxygen atoms in total. The van der Waals surface area contributed by atoms with E-state index >= 15 is 0 Å². The molecule has 1 saturated heterocycles. The van der Waals surface area contributed by atoms with E-state index in [1.54, 1.807) is 12.1 Å². The van der Waals surface area contributed by atoms with E-state index < -0.39 is 12.0 Å². The zero-order valence-corrected chi connectivity index (χ0v) is 12.3. The molecule has 1 amide bonds. The summed E-state index contributed by atoms with van der Waals surface area (Å²) in [7, 11) is 1.33. The highest BCUT2D eigenvalue weighted by Gasteiger charge is 2.24. The largest absolute Gasteiger partial charge is 0.467 e. The summed E-state index contributed by atoms with van der Waals surface area (Å²) in [4.78, 5) is 23.9. The molecular formula is C16H22N2O3. The van der Waals surface area contributed by atoms with Gasteiger partial charge in [0.25, 0.3) is 0 Å². The van der Waals surface area contributed by atoms with Gasteiger partial charge in [-0.15, -0.1) is 0 Å². The Morgan fingerprint density at radius 3 is 2.76 bits per heavy atom. The third-order valence-electron chi connectivity index (χ3n) is 3.76. The second kappa shape index (κ2) is 7.78. The lowest BCUT2D eigenvalue weighted by Gasteiger charge is -2.17. The topological polar surface area (TPSA) is 67.4 Å². The number of carbonyl (C=O) groups excluding carboxylic acids is 2. The fourth-order valence-electron chi connectivity index (χ4n) is 2.58. The molecule has 0 radical (unpaired) electrons. The third-order valence-corrected chi connectivity index (χ3v) is 3.76. The van der Waals surface area contributed by atoms with Crippen LogP contribution in [0.15, 0.2) is 30.3 Å². The number of esters is 1. The summed E-state index contributed by atoms with van der Waals surface area (Å²) >= 11 is 0. The Bertz CT molecular complexity index is 470. The third kappa shape index (κ3) is 4.56. The molecule has 2 unspecified atom stereocenters. The molecule has 1 aliphatic heterocycles. The van der Waals surface area contributed by atoms with Crippen LogP contribution < -0.4 is 10.6 Å². The van der Waals surface area contributed by atoms with Crippen LogP contribution >= 0.6 is 0 Å². The number of methoxy groups -OCH3 is 1. The van der Waals surface area contributed by atoms with Crippen LogP contribution in [-0.2, 0) is 14.3 Å². The first kappa shape index (κ1) is 15.5. The van der Waals surface area contributed by atoms with E-state index in [-0.39, 0.29) is 5.91 Å². The van der Waals surface area contributed by atoms with Crippen molar-refractivity contribution in [2.24, 2.45) is 0 Å². The maximum absolute atomic E-state index is 12.1. The van der Waals surface area contributed by atoms with Gasteiger partial charge in [-0.05, 0) is 31.4 Å². The van der Waals surface area contributed by atoms with Crippen LogP contribution in [0.3, 0.4) is 0 Å². The molecule has 2 N–H and O–H groups in total. The van der Waals surface area contributed by atoms with Gasteiger partial charge in [0.1, 0.15) is 0 Å². The smallest absolute Gasteiger partial charge is 0.333 e. The molecular weight excluding hydrogens is 268 g/mol. The number of hydrogen-bond donors (Lipinski definition) is 2. The Balaban J connectivity index is 1.91. The monoisotopic (exact) mass is 290 g/mol. The fourth-order valence-corrected chi connectivity index (χ4v) is 2.58. The van der Waals surface area contributed by atoms with Crippen LogP contribution in [-0.4, -0.2) is 31.6 Å². The molecule has 2 atom stereocenters. The second-order valence-electron chi connectivity index (χ2n) is 5.27. The quantitative estimate of drug-likeness (QED) is 0.780. The van der Waals surface area contributed by atoms with Crippen LogP contribution in [0.4, 0.5) is 0 Å². The minimum atomic E-state index is -0.736. The van der Waals surface area contributed by atoms with Crippen molar-refractivity contribution in [2.75, 3.05) is 13.7 Å². The number of rotatable bonds is 6. The van der Waals surface area contributed by atoms with Gasteiger partial charge >= 0.3 is 5.97 Å². The Morgan fingerprint density at radius 2 is 2.14 bits per heavy atom. The molecule has 5 heteroatoms. The summed E-state index contributed by atoms with van der Waals surface area (Å²) in [6, 6.07) is 8.83. The van der Waals surface area contributed by atoms with Crippen LogP contribution in [0.1, 0.15) is 37.3 Å². The lowest BCUT2D eigenvalue weighted by molar-refractivity contribution is -0.145.